The smallest absolute Gasteiger partial charge is 0.251 e. The van der Waals surface area contributed by atoms with Crippen LogP contribution in [-0.4, -0.2) is 40.0 Å². The molecule has 0 unspecified atom stereocenters. The van der Waals surface area contributed by atoms with Gasteiger partial charge in [-0.2, -0.15) is 5.26 Å². The maximum absolute atomic E-state index is 12.1. The third-order valence-corrected chi connectivity index (χ3v) is 6.85. The first-order chi connectivity index (χ1) is 16.6. The Kier molecular flexibility index (Phi) is 6.16. The van der Waals surface area contributed by atoms with Gasteiger partial charge >= 0.3 is 0 Å². The van der Waals surface area contributed by atoms with Crippen LogP contribution in [0.1, 0.15) is 28.8 Å². The molecule has 1 fully saturated rings. The Morgan fingerprint density at radius 2 is 2.06 bits per heavy atom. The van der Waals surface area contributed by atoms with Gasteiger partial charge in [0.25, 0.3) is 5.91 Å². The third-order valence-electron chi connectivity index (χ3n) is 5.90. The molecule has 0 spiro atoms. The van der Waals surface area contributed by atoms with Crippen LogP contribution < -0.4 is 15.4 Å². The molecule has 4 aromatic rings. The molecule has 4 N–H and O–H groups in total. The summed E-state index contributed by atoms with van der Waals surface area (Å²) in [5, 5.41) is 16.4. The molecule has 0 atom stereocenters. The maximum atomic E-state index is 12.1. The van der Waals surface area contributed by atoms with Crippen LogP contribution in [-0.2, 0) is 0 Å². The predicted molar refractivity (Wildman–Crippen MR) is 133 cm³/mol. The average molecular weight is 470 g/mol. The summed E-state index contributed by atoms with van der Waals surface area (Å²) in [5.74, 6) is -0.153. The lowest BCUT2D eigenvalue weighted by atomic mass is 9.87. The summed E-state index contributed by atoms with van der Waals surface area (Å²) in [6, 6.07) is 15.9. The lowest BCUT2D eigenvalue weighted by molar-refractivity contribution is 0.0963. The molecule has 0 aliphatic heterocycles. The minimum Gasteiger partial charge on any atom is -0.381 e. The molecule has 0 saturated heterocycles. The van der Waals surface area contributed by atoms with Gasteiger partial charge < -0.3 is 15.6 Å². The van der Waals surface area contributed by atoms with E-state index in [9.17, 15) is 4.79 Å². The van der Waals surface area contributed by atoms with E-state index < -0.39 is 0 Å². The molecule has 3 heterocycles. The second-order valence-corrected chi connectivity index (χ2v) is 9.08. The highest BCUT2D eigenvalue weighted by molar-refractivity contribution is 7.97. The molecule has 170 valence electrons. The molecule has 5 rings (SSSR count). The molecular weight excluding hydrogens is 446 g/mol. The Balaban J connectivity index is 1.31. The number of aromatic amines is 1. The summed E-state index contributed by atoms with van der Waals surface area (Å²) >= 11 is 1.56. The summed E-state index contributed by atoms with van der Waals surface area (Å²) in [6.45, 7) is 0. The fraction of sp³-hybridized carbons (Fsp3) is 0.200. The van der Waals surface area contributed by atoms with Crippen molar-refractivity contribution in [3.8, 4) is 17.3 Å². The van der Waals surface area contributed by atoms with Crippen LogP contribution in [0.3, 0.4) is 0 Å². The molecule has 0 bridgehead atoms. The normalized spacial score (nSPS) is 17.1. The average Bonchev–Trinajstić information content (AvgIpc) is 3.34. The van der Waals surface area contributed by atoms with E-state index >= 15 is 0 Å². The number of benzene rings is 1. The van der Waals surface area contributed by atoms with Gasteiger partial charge in [0.05, 0.1) is 23.0 Å². The quantitative estimate of drug-likeness (QED) is 0.301. The maximum Gasteiger partial charge on any atom is 0.251 e. The molecular formula is C25H23N7OS. The minimum atomic E-state index is -0.153. The van der Waals surface area contributed by atoms with Crippen LogP contribution in [0, 0.1) is 11.3 Å². The molecule has 1 aliphatic rings. The fourth-order valence-corrected chi connectivity index (χ4v) is 4.87. The van der Waals surface area contributed by atoms with E-state index in [0.29, 0.717) is 28.9 Å². The van der Waals surface area contributed by atoms with Gasteiger partial charge in [0.2, 0.25) is 0 Å². The number of anilines is 1. The minimum absolute atomic E-state index is 0.153. The van der Waals surface area contributed by atoms with Gasteiger partial charge in [0.15, 0.2) is 0 Å². The number of amides is 1. The van der Waals surface area contributed by atoms with Gasteiger partial charge in [-0.3, -0.25) is 14.5 Å². The Bertz CT molecular complexity index is 1390. The molecule has 9 heteroatoms. The second-order valence-electron chi connectivity index (χ2n) is 8.16. The van der Waals surface area contributed by atoms with Crippen LogP contribution in [0.2, 0.25) is 0 Å². The van der Waals surface area contributed by atoms with E-state index in [1.165, 1.54) is 0 Å². The zero-order valence-electron chi connectivity index (χ0n) is 18.5. The number of hydrogen-bond donors (Lipinski definition) is 4. The van der Waals surface area contributed by atoms with Crippen LogP contribution in [0.15, 0.2) is 66.0 Å². The summed E-state index contributed by atoms with van der Waals surface area (Å²) in [7, 11) is 1.61. The van der Waals surface area contributed by atoms with Crippen LogP contribution in [0.25, 0.3) is 22.3 Å². The molecule has 1 aromatic carbocycles. The van der Waals surface area contributed by atoms with Gasteiger partial charge in [0, 0.05) is 59.1 Å². The molecule has 3 aromatic heterocycles. The SMILES string of the molecule is CNC(=O)c1ccnc(-c2cnc3[nH]ccc3c2NC2CC(NSc3cccc(C#N)c3)C2)c1. The summed E-state index contributed by atoms with van der Waals surface area (Å²) in [5.41, 5.74) is 4.53. The first-order valence-corrected chi connectivity index (χ1v) is 11.8. The number of pyridine rings is 2. The molecule has 0 radical (unpaired) electrons. The van der Waals surface area contributed by atoms with E-state index in [-0.39, 0.29) is 5.91 Å². The largest absolute Gasteiger partial charge is 0.381 e. The monoisotopic (exact) mass is 469 g/mol. The van der Waals surface area contributed by atoms with E-state index in [0.717, 1.165) is 40.0 Å². The number of hydrogen-bond acceptors (Lipinski definition) is 7. The highest BCUT2D eigenvalue weighted by Crippen LogP contribution is 2.36. The number of aromatic nitrogens is 3. The Morgan fingerprint density at radius 1 is 1.18 bits per heavy atom. The second kappa shape index (κ2) is 9.55. The van der Waals surface area contributed by atoms with Crippen LogP contribution in [0.5, 0.6) is 0 Å². The van der Waals surface area contributed by atoms with Crippen molar-refractivity contribution in [3.63, 3.8) is 0 Å². The zero-order valence-corrected chi connectivity index (χ0v) is 19.3. The molecule has 34 heavy (non-hydrogen) atoms. The molecule has 1 aliphatic carbocycles. The van der Waals surface area contributed by atoms with Crippen molar-refractivity contribution in [1.29, 1.82) is 5.26 Å². The Morgan fingerprint density at radius 3 is 2.88 bits per heavy atom. The number of carbonyl (C=O) groups is 1. The van der Waals surface area contributed by atoms with Crippen LogP contribution in [0.4, 0.5) is 5.69 Å². The topological polar surface area (TPSA) is 119 Å². The van der Waals surface area contributed by atoms with Crippen molar-refractivity contribution in [1.82, 2.24) is 25.0 Å². The molecule has 8 nitrogen and oxygen atoms in total. The summed E-state index contributed by atoms with van der Waals surface area (Å²) in [6.07, 6.45) is 7.24. The number of carbonyl (C=O) groups excluding carboxylic acids is 1. The highest BCUT2D eigenvalue weighted by Gasteiger charge is 2.30. The van der Waals surface area contributed by atoms with Crippen molar-refractivity contribution in [2.24, 2.45) is 0 Å². The Labute approximate surface area is 201 Å². The lowest BCUT2D eigenvalue weighted by Crippen LogP contribution is -2.45. The van der Waals surface area contributed by atoms with Crippen molar-refractivity contribution in [2.75, 3.05) is 12.4 Å². The molecule has 1 saturated carbocycles. The summed E-state index contributed by atoms with van der Waals surface area (Å²) < 4.78 is 3.50. The van der Waals surface area contributed by atoms with Gasteiger partial charge in [-0.15, -0.1) is 0 Å². The predicted octanol–water partition coefficient (Wildman–Crippen LogP) is 4.10. The number of fused-ring (bicyclic) bond motifs is 1. The van der Waals surface area contributed by atoms with E-state index in [4.69, 9.17) is 5.26 Å². The van der Waals surface area contributed by atoms with Crippen molar-refractivity contribution < 1.29 is 4.79 Å². The van der Waals surface area contributed by atoms with E-state index in [1.54, 1.807) is 49.6 Å². The first kappa shape index (κ1) is 21.9. The van der Waals surface area contributed by atoms with Gasteiger partial charge in [0.1, 0.15) is 5.65 Å². The third kappa shape index (κ3) is 4.46. The highest BCUT2D eigenvalue weighted by atomic mass is 32.2. The van der Waals surface area contributed by atoms with E-state index in [2.05, 4.69) is 36.4 Å². The molecule has 1 amide bonds. The van der Waals surface area contributed by atoms with Crippen molar-refractivity contribution in [3.05, 3.63) is 72.2 Å². The van der Waals surface area contributed by atoms with Gasteiger partial charge in [-0.05, 0) is 61.2 Å². The zero-order chi connectivity index (χ0) is 23.5. The van der Waals surface area contributed by atoms with Crippen LogP contribution >= 0.6 is 11.9 Å². The van der Waals surface area contributed by atoms with Crippen molar-refractivity contribution >= 4 is 34.6 Å². The van der Waals surface area contributed by atoms with Gasteiger partial charge in [-0.1, -0.05) is 6.07 Å². The Hall–Kier alpha value is -3.87. The first-order valence-electron chi connectivity index (χ1n) is 11.0. The summed E-state index contributed by atoms with van der Waals surface area (Å²) in [4.78, 5) is 25.4. The van der Waals surface area contributed by atoms with Gasteiger partial charge in [-0.25, -0.2) is 4.98 Å². The fourth-order valence-electron chi connectivity index (χ4n) is 4.04. The number of nitriles is 1. The lowest BCUT2D eigenvalue weighted by Gasteiger charge is -2.37. The van der Waals surface area contributed by atoms with E-state index in [1.807, 2.05) is 30.5 Å². The number of rotatable bonds is 7. The number of nitrogens with one attached hydrogen (secondary N) is 4. The number of H-pyrrole nitrogens is 1. The number of nitrogens with zero attached hydrogens (tertiary/aromatic N) is 3. The van der Waals surface area contributed by atoms with Crippen molar-refractivity contribution in [2.45, 2.75) is 29.8 Å². The standard InChI is InChI=1S/C25H23N7OS/c1-27-25(33)16-5-7-28-22(10-16)21-14-30-24-20(6-8-29-24)23(21)31-17-11-18(12-17)32-34-19-4-2-3-15(9-19)13-26/h2-10,14,17-18,32H,11-12H2,1H3,(H,27,33)(H2,29,30,31).